The second-order valence-corrected chi connectivity index (χ2v) is 5.08. The molecule has 0 saturated carbocycles. The van der Waals surface area contributed by atoms with E-state index in [9.17, 15) is 18.4 Å². The zero-order valence-electron chi connectivity index (χ0n) is 12.0. The largest absolute Gasteiger partial charge is 0.368 e. The molecule has 0 fully saturated rings. The quantitative estimate of drug-likeness (QED) is 0.641. The summed E-state index contributed by atoms with van der Waals surface area (Å²) in [5.41, 5.74) is 9.47. The lowest BCUT2D eigenvalue weighted by atomic mass is 9.78. The fraction of sp³-hybridized carbons (Fsp3) is 0.429. The van der Waals surface area contributed by atoms with Gasteiger partial charge in [-0.05, 0) is 45.1 Å². The number of nitrogens with two attached hydrogens (primary N) is 2. The number of hydrogen-bond donors (Lipinski definition) is 3. The van der Waals surface area contributed by atoms with Crippen molar-refractivity contribution in [3.8, 4) is 0 Å². The van der Waals surface area contributed by atoms with Crippen LogP contribution in [-0.2, 0) is 4.79 Å². The van der Waals surface area contributed by atoms with Gasteiger partial charge >= 0.3 is 0 Å². The molecule has 0 aliphatic carbocycles. The van der Waals surface area contributed by atoms with Gasteiger partial charge in [-0.3, -0.25) is 9.59 Å². The molecule has 21 heavy (non-hydrogen) atoms. The molecule has 0 aromatic heterocycles. The molecule has 1 amide bonds. The van der Waals surface area contributed by atoms with E-state index in [1.807, 2.05) is 0 Å². The monoisotopic (exact) mass is 299 g/mol. The van der Waals surface area contributed by atoms with Gasteiger partial charge < -0.3 is 16.8 Å². The maximum absolute atomic E-state index is 13.2. The lowest BCUT2D eigenvalue weighted by Gasteiger charge is -2.30. The number of nitrogens with one attached hydrogen (secondary N) is 1. The van der Waals surface area contributed by atoms with Crippen molar-refractivity contribution in [3.63, 3.8) is 0 Å². The van der Waals surface area contributed by atoms with Gasteiger partial charge in [0.1, 0.15) is 5.54 Å². The number of ketones is 1. The average molecular weight is 299 g/mol. The Morgan fingerprint density at radius 3 is 2.43 bits per heavy atom. The maximum Gasteiger partial charge on any atom is 0.237 e. The Hall–Kier alpha value is -1.86. The van der Waals surface area contributed by atoms with E-state index < -0.39 is 34.8 Å². The van der Waals surface area contributed by atoms with Gasteiger partial charge in [0.05, 0.1) is 5.92 Å². The summed E-state index contributed by atoms with van der Waals surface area (Å²) in [6.07, 6.45) is 0.240. The predicted molar refractivity (Wildman–Crippen MR) is 74.5 cm³/mol. The molecule has 0 aliphatic rings. The van der Waals surface area contributed by atoms with E-state index in [4.69, 9.17) is 11.5 Å². The molecule has 7 heteroatoms. The Labute approximate surface area is 121 Å². The molecule has 0 radical (unpaired) electrons. The third-order valence-corrected chi connectivity index (χ3v) is 3.46. The fourth-order valence-electron chi connectivity index (χ4n) is 2.01. The van der Waals surface area contributed by atoms with E-state index in [2.05, 4.69) is 5.32 Å². The Balaban J connectivity index is 3.15. The molecule has 2 atom stereocenters. The first-order valence-corrected chi connectivity index (χ1v) is 6.44. The molecule has 0 saturated heterocycles. The molecule has 1 rings (SSSR count). The van der Waals surface area contributed by atoms with Crippen molar-refractivity contribution in [1.82, 2.24) is 5.32 Å². The normalized spacial score (nSPS) is 15.3. The summed E-state index contributed by atoms with van der Waals surface area (Å²) in [5.74, 6) is -4.51. The van der Waals surface area contributed by atoms with E-state index in [0.29, 0.717) is 6.54 Å². The first-order valence-electron chi connectivity index (χ1n) is 6.44. The number of carbonyl (C=O) groups excluding carboxylic acids is 2. The van der Waals surface area contributed by atoms with Crippen LogP contribution in [0.2, 0.25) is 0 Å². The highest BCUT2D eigenvalue weighted by Gasteiger charge is 2.40. The standard InChI is InChI=1S/C14H19F2N3O2/c1-14(18,13(17)21)9(5-6-19-2)12(20)8-3-4-10(15)11(16)7-8/h3-4,7,9,19H,5-6,18H2,1-2H3,(H2,17,21). The van der Waals surface area contributed by atoms with Gasteiger partial charge in [-0.1, -0.05) is 0 Å². The number of halogens is 2. The fourth-order valence-corrected chi connectivity index (χ4v) is 2.01. The Kier molecular flexibility index (Phi) is 5.51. The first-order chi connectivity index (χ1) is 9.71. The zero-order chi connectivity index (χ0) is 16.2. The highest BCUT2D eigenvalue weighted by Crippen LogP contribution is 2.24. The van der Waals surface area contributed by atoms with Crippen molar-refractivity contribution in [2.24, 2.45) is 17.4 Å². The van der Waals surface area contributed by atoms with Gasteiger partial charge in [-0.25, -0.2) is 8.78 Å². The number of primary amides is 1. The number of rotatable bonds is 7. The van der Waals surface area contributed by atoms with Crippen molar-refractivity contribution >= 4 is 11.7 Å². The lowest BCUT2D eigenvalue weighted by molar-refractivity contribution is -0.123. The summed E-state index contributed by atoms with van der Waals surface area (Å²) in [6.45, 7) is 1.77. The summed E-state index contributed by atoms with van der Waals surface area (Å²) in [5, 5.41) is 2.84. The molecular formula is C14H19F2N3O2. The third-order valence-electron chi connectivity index (χ3n) is 3.46. The number of benzene rings is 1. The average Bonchev–Trinajstić information content (AvgIpc) is 2.41. The molecule has 116 valence electrons. The van der Waals surface area contributed by atoms with E-state index in [-0.39, 0.29) is 12.0 Å². The predicted octanol–water partition coefficient (Wildman–Crippen LogP) is 0.576. The third kappa shape index (κ3) is 3.83. The Morgan fingerprint density at radius 1 is 1.33 bits per heavy atom. The molecule has 0 spiro atoms. The molecule has 0 bridgehead atoms. The smallest absolute Gasteiger partial charge is 0.237 e. The van der Waals surface area contributed by atoms with Crippen molar-refractivity contribution in [3.05, 3.63) is 35.4 Å². The Morgan fingerprint density at radius 2 is 1.95 bits per heavy atom. The van der Waals surface area contributed by atoms with Crippen LogP contribution in [0.25, 0.3) is 0 Å². The van der Waals surface area contributed by atoms with Gasteiger partial charge in [0.15, 0.2) is 17.4 Å². The second-order valence-electron chi connectivity index (χ2n) is 5.08. The maximum atomic E-state index is 13.2. The summed E-state index contributed by atoms with van der Waals surface area (Å²) < 4.78 is 26.2. The SMILES string of the molecule is CNCCC(C(=O)c1ccc(F)c(F)c1)C(C)(N)C(N)=O. The minimum atomic E-state index is -1.58. The number of amides is 1. The summed E-state index contributed by atoms with van der Waals surface area (Å²) in [4.78, 5) is 23.9. The highest BCUT2D eigenvalue weighted by atomic mass is 19.2. The molecule has 5 N–H and O–H groups in total. The summed E-state index contributed by atoms with van der Waals surface area (Å²) in [7, 11) is 1.68. The first kappa shape index (κ1) is 17.2. The van der Waals surface area contributed by atoms with Crippen LogP contribution >= 0.6 is 0 Å². The van der Waals surface area contributed by atoms with Crippen LogP contribution in [0, 0.1) is 17.6 Å². The van der Waals surface area contributed by atoms with E-state index in [1.54, 1.807) is 7.05 Å². The van der Waals surface area contributed by atoms with Gasteiger partial charge in [-0.15, -0.1) is 0 Å². The highest BCUT2D eigenvalue weighted by molar-refractivity contribution is 6.02. The van der Waals surface area contributed by atoms with Crippen LogP contribution in [0.1, 0.15) is 23.7 Å². The molecular weight excluding hydrogens is 280 g/mol. The van der Waals surface area contributed by atoms with Gasteiger partial charge in [0.2, 0.25) is 5.91 Å². The van der Waals surface area contributed by atoms with Crippen LogP contribution in [-0.4, -0.2) is 30.8 Å². The van der Waals surface area contributed by atoms with Crippen molar-refractivity contribution in [1.29, 1.82) is 0 Å². The Bertz CT molecular complexity index is 547. The minimum absolute atomic E-state index is 0.0482. The van der Waals surface area contributed by atoms with Crippen LogP contribution in [0.5, 0.6) is 0 Å². The summed E-state index contributed by atoms with van der Waals surface area (Å²) in [6, 6.07) is 2.81. The molecule has 0 aliphatic heterocycles. The molecule has 2 unspecified atom stereocenters. The molecule has 5 nitrogen and oxygen atoms in total. The number of carbonyl (C=O) groups is 2. The zero-order valence-corrected chi connectivity index (χ0v) is 12.0. The van der Waals surface area contributed by atoms with Crippen LogP contribution in [0.3, 0.4) is 0 Å². The van der Waals surface area contributed by atoms with Crippen molar-refractivity contribution < 1.29 is 18.4 Å². The summed E-state index contributed by atoms with van der Waals surface area (Å²) >= 11 is 0. The second kappa shape index (κ2) is 6.73. The van der Waals surface area contributed by atoms with E-state index in [0.717, 1.165) is 18.2 Å². The van der Waals surface area contributed by atoms with Gasteiger partial charge in [-0.2, -0.15) is 0 Å². The van der Waals surface area contributed by atoms with Crippen molar-refractivity contribution in [2.75, 3.05) is 13.6 Å². The number of hydrogen-bond acceptors (Lipinski definition) is 4. The van der Waals surface area contributed by atoms with Crippen molar-refractivity contribution in [2.45, 2.75) is 18.9 Å². The minimum Gasteiger partial charge on any atom is -0.368 e. The van der Waals surface area contributed by atoms with Gasteiger partial charge in [0, 0.05) is 5.56 Å². The van der Waals surface area contributed by atoms with E-state index >= 15 is 0 Å². The van der Waals surface area contributed by atoms with Crippen LogP contribution in [0.4, 0.5) is 8.78 Å². The number of Topliss-reactive ketones (excluding diaryl/α,β-unsaturated/α-hetero) is 1. The molecule has 0 heterocycles. The van der Waals surface area contributed by atoms with E-state index in [1.165, 1.54) is 6.92 Å². The van der Waals surface area contributed by atoms with Gasteiger partial charge in [0.25, 0.3) is 0 Å². The van der Waals surface area contributed by atoms with Crippen LogP contribution < -0.4 is 16.8 Å². The molecule has 1 aromatic carbocycles. The molecule has 1 aromatic rings. The lowest BCUT2D eigenvalue weighted by Crippen LogP contribution is -2.57. The topological polar surface area (TPSA) is 98.2 Å². The van der Waals surface area contributed by atoms with Crippen LogP contribution in [0.15, 0.2) is 18.2 Å².